The molecule has 1 saturated heterocycles. The number of carbonyl (C=O) groups excluding carboxylic acids is 1. The van der Waals surface area contributed by atoms with Crippen LogP contribution in [0.25, 0.3) is 0 Å². The maximum Gasteiger partial charge on any atom is 0.235 e. The van der Waals surface area contributed by atoms with Gasteiger partial charge in [0, 0.05) is 11.8 Å². The van der Waals surface area contributed by atoms with Gasteiger partial charge in [-0.25, -0.2) is 13.1 Å². The molecule has 1 aliphatic rings. The van der Waals surface area contributed by atoms with Gasteiger partial charge < -0.3 is 5.32 Å². The summed E-state index contributed by atoms with van der Waals surface area (Å²) in [5, 5.41) is 7.26. The summed E-state index contributed by atoms with van der Waals surface area (Å²) in [4.78, 5) is 12.3. The van der Waals surface area contributed by atoms with Crippen molar-refractivity contribution < 1.29 is 13.2 Å². The van der Waals surface area contributed by atoms with Crippen LogP contribution in [0.2, 0.25) is 0 Å². The molecule has 0 radical (unpaired) electrons. The quantitative estimate of drug-likeness (QED) is 0.816. The number of hydrogen-bond acceptors (Lipinski definition) is 5. The molecule has 1 amide bonds. The molecule has 1 N–H and O–H groups in total. The van der Waals surface area contributed by atoms with Gasteiger partial charge in [0.2, 0.25) is 5.91 Å². The number of aryl methyl sites for hydroxylation is 2. The van der Waals surface area contributed by atoms with Crippen LogP contribution in [0.3, 0.4) is 0 Å². The normalized spacial score (nSPS) is 18.8. The van der Waals surface area contributed by atoms with Gasteiger partial charge >= 0.3 is 0 Å². The predicted octanol–water partition coefficient (Wildman–Crippen LogP) is 2.73. The lowest BCUT2D eigenvalue weighted by molar-refractivity contribution is -0.113. The summed E-state index contributed by atoms with van der Waals surface area (Å²) in [6, 6.07) is 9.81. The number of amides is 1. The average Bonchev–Trinajstić information content (AvgIpc) is 3.09. The number of anilines is 1. The fourth-order valence-corrected chi connectivity index (χ4v) is 5.57. The van der Waals surface area contributed by atoms with E-state index >= 15 is 0 Å². The second-order valence-corrected chi connectivity index (χ2v) is 9.92. The van der Waals surface area contributed by atoms with Crippen molar-refractivity contribution in [1.29, 1.82) is 0 Å². The van der Waals surface area contributed by atoms with Crippen LogP contribution in [-0.2, 0) is 20.4 Å². The number of nitrogens with one attached hydrogen (secondary N) is 1. The van der Waals surface area contributed by atoms with Gasteiger partial charge in [0.05, 0.1) is 29.0 Å². The molecule has 1 aromatic heterocycles. The summed E-state index contributed by atoms with van der Waals surface area (Å²) in [7, 11) is -3.01. The average molecular weight is 394 g/mol. The van der Waals surface area contributed by atoms with Crippen molar-refractivity contribution in [1.82, 2.24) is 9.78 Å². The molecule has 1 unspecified atom stereocenters. The van der Waals surface area contributed by atoms with Gasteiger partial charge in [-0.2, -0.15) is 5.10 Å². The molecule has 26 heavy (non-hydrogen) atoms. The highest BCUT2D eigenvalue weighted by Crippen LogP contribution is 2.27. The van der Waals surface area contributed by atoms with Crippen LogP contribution < -0.4 is 5.32 Å². The molecule has 0 spiro atoms. The zero-order valence-electron chi connectivity index (χ0n) is 14.9. The summed E-state index contributed by atoms with van der Waals surface area (Å²) < 4.78 is 25.1. The van der Waals surface area contributed by atoms with Crippen LogP contribution >= 0.6 is 11.8 Å². The van der Waals surface area contributed by atoms with E-state index < -0.39 is 9.84 Å². The largest absolute Gasteiger partial charge is 0.310 e. The van der Waals surface area contributed by atoms with Crippen LogP contribution in [0.1, 0.15) is 29.3 Å². The fourth-order valence-electron chi connectivity index (χ4n) is 3.10. The monoisotopic (exact) mass is 393 g/mol. The topological polar surface area (TPSA) is 81.1 Å². The first-order chi connectivity index (χ1) is 12.3. The number of nitrogens with zero attached hydrogens (tertiary/aromatic N) is 2. The van der Waals surface area contributed by atoms with Gasteiger partial charge in [-0.3, -0.25) is 4.79 Å². The van der Waals surface area contributed by atoms with E-state index in [1.807, 2.05) is 26.0 Å². The zero-order valence-corrected chi connectivity index (χ0v) is 16.6. The molecule has 0 saturated carbocycles. The van der Waals surface area contributed by atoms with Crippen molar-refractivity contribution in [3.8, 4) is 0 Å². The lowest BCUT2D eigenvalue weighted by Gasteiger charge is -2.13. The smallest absolute Gasteiger partial charge is 0.235 e. The lowest BCUT2D eigenvalue weighted by Crippen LogP contribution is -2.20. The predicted molar refractivity (Wildman–Crippen MR) is 105 cm³/mol. The highest BCUT2D eigenvalue weighted by molar-refractivity contribution is 7.99. The van der Waals surface area contributed by atoms with Gasteiger partial charge in [-0.1, -0.05) is 29.8 Å². The Labute approximate surface area is 158 Å². The summed E-state index contributed by atoms with van der Waals surface area (Å²) in [6.45, 7) is 3.88. The van der Waals surface area contributed by atoms with Crippen molar-refractivity contribution in [2.24, 2.45) is 0 Å². The molecule has 3 rings (SSSR count). The Morgan fingerprint density at radius 1 is 1.35 bits per heavy atom. The highest BCUT2D eigenvalue weighted by Gasteiger charge is 2.31. The molecular formula is C18H23N3O3S2. The molecule has 8 heteroatoms. The first kappa shape index (κ1) is 19.0. The van der Waals surface area contributed by atoms with Crippen molar-refractivity contribution in [2.75, 3.05) is 22.6 Å². The number of hydrogen-bond donors (Lipinski definition) is 1. The van der Waals surface area contributed by atoms with E-state index in [1.54, 1.807) is 22.5 Å². The molecule has 0 bridgehead atoms. The Morgan fingerprint density at radius 3 is 2.85 bits per heavy atom. The first-order valence-corrected chi connectivity index (χ1v) is 11.5. The molecule has 1 aromatic carbocycles. The van der Waals surface area contributed by atoms with Crippen molar-refractivity contribution >= 4 is 33.3 Å². The van der Waals surface area contributed by atoms with Crippen molar-refractivity contribution in [3.05, 3.63) is 47.2 Å². The maximum atomic E-state index is 12.3. The van der Waals surface area contributed by atoms with Crippen LogP contribution in [0, 0.1) is 13.8 Å². The summed E-state index contributed by atoms with van der Waals surface area (Å²) in [5.41, 5.74) is 3.16. The zero-order chi connectivity index (χ0) is 18.7. The van der Waals surface area contributed by atoms with Crippen LogP contribution in [0.4, 0.5) is 5.82 Å². The van der Waals surface area contributed by atoms with Crippen LogP contribution in [0.15, 0.2) is 30.3 Å². The molecule has 1 fully saturated rings. The van der Waals surface area contributed by atoms with Crippen molar-refractivity contribution in [3.63, 3.8) is 0 Å². The molecular weight excluding hydrogens is 370 g/mol. The second-order valence-electron chi connectivity index (χ2n) is 6.70. The highest BCUT2D eigenvalue weighted by atomic mass is 32.2. The summed E-state index contributed by atoms with van der Waals surface area (Å²) in [5.74, 6) is 1.83. The standard InChI is InChI=1S/C18H23N3O3S2/c1-13-4-3-5-15(8-13)10-25-11-18(22)19-17-9-14(2)20-21(17)16-6-7-26(23,24)12-16/h3-5,8-9,16H,6-7,10-12H2,1-2H3,(H,19,22). The molecule has 0 aliphatic carbocycles. The minimum absolute atomic E-state index is 0.0824. The van der Waals surface area contributed by atoms with Gasteiger partial charge in [0.25, 0.3) is 0 Å². The van der Waals surface area contributed by atoms with Crippen LogP contribution in [0.5, 0.6) is 0 Å². The Morgan fingerprint density at radius 2 is 2.15 bits per heavy atom. The Hall–Kier alpha value is -1.80. The van der Waals surface area contributed by atoms with Crippen LogP contribution in [-0.4, -0.2) is 41.4 Å². The molecule has 2 heterocycles. The third-order valence-corrected chi connectivity index (χ3v) is 7.02. The second kappa shape index (κ2) is 7.84. The minimum atomic E-state index is -3.01. The number of rotatable bonds is 6. The first-order valence-electron chi connectivity index (χ1n) is 8.52. The molecule has 6 nitrogen and oxygen atoms in total. The number of aromatic nitrogens is 2. The number of benzene rings is 1. The Kier molecular flexibility index (Phi) is 5.72. The summed E-state index contributed by atoms with van der Waals surface area (Å²) in [6.07, 6.45) is 0.536. The van der Waals surface area contributed by atoms with E-state index in [-0.39, 0.29) is 23.5 Å². The van der Waals surface area contributed by atoms with E-state index in [2.05, 4.69) is 22.5 Å². The molecule has 2 aromatic rings. The fraction of sp³-hybridized carbons (Fsp3) is 0.444. The van der Waals surface area contributed by atoms with E-state index in [4.69, 9.17) is 0 Å². The SMILES string of the molecule is Cc1cccc(CSCC(=O)Nc2cc(C)nn2C2CCS(=O)(=O)C2)c1. The van der Waals surface area contributed by atoms with E-state index in [1.165, 1.54) is 11.1 Å². The van der Waals surface area contributed by atoms with E-state index in [0.717, 1.165) is 11.4 Å². The lowest BCUT2D eigenvalue weighted by atomic mass is 10.2. The molecule has 1 atom stereocenters. The van der Waals surface area contributed by atoms with Gasteiger partial charge in [-0.05, 0) is 25.8 Å². The van der Waals surface area contributed by atoms with E-state index in [0.29, 0.717) is 18.0 Å². The third kappa shape index (κ3) is 4.88. The number of thioether (sulfide) groups is 1. The third-order valence-electron chi connectivity index (χ3n) is 4.26. The summed E-state index contributed by atoms with van der Waals surface area (Å²) >= 11 is 1.55. The number of sulfone groups is 1. The van der Waals surface area contributed by atoms with Gasteiger partial charge in [0.15, 0.2) is 9.84 Å². The Bertz CT molecular complexity index is 906. The van der Waals surface area contributed by atoms with Gasteiger partial charge in [0.1, 0.15) is 5.82 Å². The number of carbonyl (C=O) groups is 1. The Balaban J connectivity index is 1.58. The molecule has 1 aliphatic heterocycles. The van der Waals surface area contributed by atoms with Crippen molar-refractivity contribution in [2.45, 2.75) is 32.1 Å². The maximum absolute atomic E-state index is 12.3. The minimum Gasteiger partial charge on any atom is -0.310 e. The van der Waals surface area contributed by atoms with E-state index in [9.17, 15) is 13.2 Å². The van der Waals surface area contributed by atoms with Gasteiger partial charge in [-0.15, -0.1) is 11.8 Å². The molecule has 140 valence electrons.